The highest BCUT2D eigenvalue weighted by atomic mass is 32.1. The van der Waals surface area contributed by atoms with Crippen molar-refractivity contribution in [3.05, 3.63) is 96.3 Å². The molecule has 4 rings (SSSR count). The summed E-state index contributed by atoms with van der Waals surface area (Å²) in [5.74, 6) is -0.268. The predicted octanol–water partition coefficient (Wildman–Crippen LogP) is 5.14. The van der Waals surface area contributed by atoms with Gasteiger partial charge in [0.1, 0.15) is 5.82 Å². The standard InChI is InChI=1S/C31H39FN2O3SSi/c1-23-36-29(37-23)20-22-33-30(38)34-28(24-16-18-25(32)19-17-24)15-10-21-31(2,3)39(35,26-11-6-4-7-12-26)27-13-8-5-9-14-27/h4-9,11-14,16-19,23,28-29,35H,10,15,20-22H2,1-3H3,(H2,33,34,38). The van der Waals surface area contributed by atoms with Gasteiger partial charge >= 0.3 is 0 Å². The summed E-state index contributed by atoms with van der Waals surface area (Å²) in [4.78, 5) is 12.5. The molecule has 1 aliphatic heterocycles. The quantitative estimate of drug-likeness (QED) is 0.208. The van der Waals surface area contributed by atoms with E-state index < -0.39 is 8.32 Å². The molecule has 0 radical (unpaired) electrons. The predicted molar refractivity (Wildman–Crippen MR) is 161 cm³/mol. The highest BCUT2D eigenvalue weighted by Crippen LogP contribution is 2.41. The highest BCUT2D eigenvalue weighted by Gasteiger charge is 2.49. The maximum Gasteiger partial charge on any atom is 0.258 e. The molecular formula is C31H39FN2O3SSi. The number of hydrogen-bond donors (Lipinski definition) is 3. The normalized spacial score (nSPS) is 18.2. The minimum atomic E-state index is -3.08. The Kier molecular flexibility index (Phi) is 9.90. The van der Waals surface area contributed by atoms with Crippen molar-refractivity contribution < 1.29 is 18.7 Å². The second kappa shape index (κ2) is 13.2. The van der Waals surface area contributed by atoms with Crippen LogP contribution in [0.2, 0.25) is 5.04 Å². The number of ether oxygens (including phenoxy) is 2. The first-order valence-electron chi connectivity index (χ1n) is 13.6. The van der Waals surface area contributed by atoms with E-state index in [9.17, 15) is 9.19 Å². The van der Waals surface area contributed by atoms with Gasteiger partial charge in [-0.1, -0.05) is 93.1 Å². The zero-order valence-electron chi connectivity index (χ0n) is 22.9. The van der Waals surface area contributed by atoms with E-state index in [0.717, 1.165) is 35.2 Å². The second-order valence-electron chi connectivity index (χ2n) is 10.8. The van der Waals surface area contributed by atoms with Crippen molar-refractivity contribution in [1.82, 2.24) is 10.6 Å². The van der Waals surface area contributed by atoms with Crippen LogP contribution in [0.1, 0.15) is 58.1 Å². The van der Waals surface area contributed by atoms with E-state index in [1.807, 2.05) is 67.6 Å². The lowest BCUT2D eigenvalue weighted by Gasteiger charge is -2.41. The van der Waals surface area contributed by atoms with Gasteiger partial charge in [0, 0.05) is 13.0 Å². The van der Waals surface area contributed by atoms with Crippen LogP contribution >= 0.6 is 12.2 Å². The summed E-state index contributed by atoms with van der Waals surface area (Å²) in [7, 11) is -3.08. The number of rotatable bonds is 12. The molecule has 0 spiro atoms. The number of nitrogens with one attached hydrogen (secondary N) is 2. The molecule has 1 heterocycles. The largest absolute Gasteiger partial charge is 0.424 e. The number of hydrogen-bond acceptors (Lipinski definition) is 4. The van der Waals surface area contributed by atoms with Crippen LogP contribution in [-0.2, 0) is 9.47 Å². The van der Waals surface area contributed by atoms with Crippen molar-refractivity contribution in [2.24, 2.45) is 0 Å². The molecule has 0 saturated carbocycles. The van der Waals surface area contributed by atoms with E-state index in [-0.39, 0.29) is 29.5 Å². The molecule has 8 heteroatoms. The molecule has 0 bridgehead atoms. The van der Waals surface area contributed by atoms with Crippen LogP contribution in [0.5, 0.6) is 0 Å². The molecule has 3 N–H and O–H groups in total. The Morgan fingerprint density at radius 3 is 2.08 bits per heavy atom. The van der Waals surface area contributed by atoms with Crippen molar-refractivity contribution in [1.29, 1.82) is 0 Å². The zero-order valence-corrected chi connectivity index (χ0v) is 24.7. The van der Waals surface area contributed by atoms with Crippen LogP contribution in [0.15, 0.2) is 84.9 Å². The smallest absolute Gasteiger partial charge is 0.258 e. The van der Waals surface area contributed by atoms with Crippen LogP contribution in [0, 0.1) is 5.82 Å². The third-order valence-electron chi connectivity index (χ3n) is 7.59. The molecule has 5 nitrogen and oxygen atoms in total. The topological polar surface area (TPSA) is 62.8 Å². The molecule has 39 heavy (non-hydrogen) atoms. The lowest BCUT2D eigenvalue weighted by atomic mass is 9.97. The molecule has 1 unspecified atom stereocenters. The molecule has 0 amide bonds. The van der Waals surface area contributed by atoms with E-state index in [1.165, 1.54) is 12.1 Å². The lowest BCUT2D eigenvalue weighted by molar-refractivity contribution is -0.376. The third kappa shape index (κ3) is 7.32. The van der Waals surface area contributed by atoms with Gasteiger partial charge < -0.3 is 24.9 Å². The van der Waals surface area contributed by atoms with E-state index >= 15 is 0 Å². The van der Waals surface area contributed by atoms with Gasteiger partial charge in [-0.2, -0.15) is 0 Å². The van der Waals surface area contributed by atoms with Gasteiger partial charge in [-0.3, -0.25) is 0 Å². The molecule has 3 aromatic carbocycles. The summed E-state index contributed by atoms with van der Waals surface area (Å²) in [5.41, 5.74) is 0.969. The van der Waals surface area contributed by atoms with Gasteiger partial charge in [0.25, 0.3) is 8.32 Å². The number of benzene rings is 3. The summed E-state index contributed by atoms with van der Waals surface area (Å²) in [5, 5.41) is 8.87. The first-order valence-corrected chi connectivity index (χ1v) is 16.0. The van der Waals surface area contributed by atoms with Crippen molar-refractivity contribution in [2.45, 2.75) is 70.1 Å². The van der Waals surface area contributed by atoms with Crippen LogP contribution in [0.25, 0.3) is 0 Å². The fourth-order valence-electron chi connectivity index (χ4n) is 5.34. The summed E-state index contributed by atoms with van der Waals surface area (Å²) < 4.78 is 24.6. The Hall–Kier alpha value is -2.62. The van der Waals surface area contributed by atoms with Crippen LogP contribution in [0.4, 0.5) is 4.39 Å². The van der Waals surface area contributed by atoms with Crippen LogP contribution in [0.3, 0.4) is 0 Å². The van der Waals surface area contributed by atoms with Gasteiger partial charge in [-0.15, -0.1) is 0 Å². The Morgan fingerprint density at radius 2 is 1.54 bits per heavy atom. The molecular weight excluding hydrogens is 528 g/mol. The molecule has 0 aromatic heterocycles. The van der Waals surface area contributed by atoms with E-state index in [1.54, 1.807) is 12.1 Å². The van der Waals surface area contributed by atoms with E-state index in [4.69, 9.17) is 21.7 Å². The van der Waals surface area contributed by atoms with E-state index in [0.29, 0.717) is 18.1 Å². The molecule has 1 aliphatic rings. The molecule has 0 aliphatic carbocycles. The summed E-state index contributed by atoms with van der Waals surface area (Å²) >= 11 is 5.59. The lowest BCUT2D eigenvalue weighted by Crippen LogP contribution is -2.65. The van der Waals surface area contributed by atoms with Crippen molar-refractivity contribution >= 4 is 36.0 Å². The highest BCUT2D eigenvalue weighted by molar-refractivity contribution is 7.80. The molecule has 1 saturated heterocycles. The van der Waals surface area contributed by atoms with Crippen LogP contribution < -0.4 is 21.0 Å². The second-order valence-corrected chi connectivity index (χ2v) is 15.1. The average Bonchev–Trinajstić information content (AvgIpc) is 2.92. The summed E-state index contributed by atoms with van der Waals surface area (Å²) in [6, 6.07) is 26.6. The average molecular weight is 567 g/mol. The summed E-state index contributed by atoms with van der Waals surface area (Å²) in [6.07, 6.45) is 2.80. The zero-order chi connectivity index (χ0) is 27.9. The Morgan fingerprint density at radius 1 is 0.974 bits per heavy atom. The number of thiocarbonyl (C=S) groups is 1. The van der Waals surface area contributed by atoms with Gasteiger partial charge in [-0.25, -0.2) is 4.39 Å². The van der Waals surface area contributed by atoms with Crippen LogP contribution in [-0.4, -0.2) is 37.4 Å². The van der Waals surface area contributed by atoms with E-state index in [2.05, 4.69) is 24.5 Å². The first kappa shape index (κ1) is 29.4. The fourth-order valence-corrected chi connectivity index (χ4v) is 9.37. The maximum atomic E-state index is 13.7. The third-order valence-corrected chi connectivity index (χ3v) is 12.4. The SMILES string of the molecule is CC1OC(CCNC(=S)NC(CCCC(C)(C)[Si](O)(c2ccccc2)c2ccccc2)c2ccc(F)cc2)O1. The Balaban J connectivity index is 1.44. The molecule has 3 aromatic rings. The van der Waals surface area contributed by atoms with Gasteiger partial charge in [0.2, 0.25) is 0 Å². The van der Waals surface area contributed by atoms with Gasteiger partial charge in [0.05, 0.1) is 6.04 Å². The number of halogens is 1. The Labute approximate surface area is 237 Å². The monoisotopic (exact) mass is 566 g/mol. The van der Waals surface area contributed by atoms with Crippen molar-refractivity contribution in [3.8, 4) is 0 Å². The first-order chi connectivity index (χ1) is 18.7. The minimum absolute atomic E-state index is 0.0964. The molecule has 1 fully saturated rings. The molecule has 1 atom stereocenters. The van der Waals surface area contributed by atoms with Gasteiger partial charge in [0.15, 0.2) is 17.7 Å². The van der Waals surface area contributed by atoms with Gasteiger partial charge in [-0.05, 0) is 65.1 Å². The fraction of sp³-hybridized carbons (Fsp3) is 0.387. The Bertz CT molecular complexity index is 1150. The minimum Gasteiger partial charge on any atom is -0.424 e. The van der Waals surface area contributed by atoms with Crippen molar-refractivity contribution in [2.75, 3.05) is 6.54 Å². The summed E-state index contributed by atoms with van der Waals surface area (Å²) in [6.45, 7) is 6.85. The van der Waals surface area contributed by atoms with Crippen molar-refractivity contribution in [3.63, 3.8) is 0 Å². The maximum absolute atomic E-state index is 13.7. The molecule has 208 valence electrons.